The number of alkyl halides is 1. The molecule has 2 aliphatic rings. The van der Waals surface area contributed by atoms with Gasteiger partial charge in [0, 0.05) is 17.6 Å². The number of nitrogens with zero attached hydrogens (tertiary/aromatic N) is 1. The van der Waals surface area contributed by atoms with Crippen molar-refractivity contribution in [3.05, 3.63) is 29.6 Å². The molecule has 0 unspecified atom stereocenters. The van der Waals surface area contributed by atoms with Crippen molar-refractivity contribution >= 4 is 18.5 Å². The van der Waals surface area contributed by atoms with Gasteiger partial charge in [0.1, 0.15) is 12.0 Å². The highest BCUT2D eigenvalue weighted by atomic mass is 19.1. The molecule has 7 heteroatoms. The molecule has 0 saturated carbocycles. The Bertz CT molecular complexity index is 649. The third kappa shape index (κ3) is 2.95. The molecule has 1 aromatic carbocycles. The number of likely N-dealkylation sites (tertiary alicyclic amines) is 1. The molecule has 24 heavy (non-hydrogen) atoms. The van der Waals surface area contributed by atoms with Crippen LogP contribution in [0.2, 0.25) is 0 Å². The van der Waals surface area contributed by atoms with E-state index < -0.39 is 30.3 Å². The fourth-order valence-electron chi connectivity index (χ4n) is 2.91. The van der Waals surface area contributed by atoms with E-state index in [1.807, 2.05) is 27.7 Å². The SMILES string of the molecule is CC1(C)OB(c2cc(C(=O)N3CC[C@@H](F)C3)ccc2F)OC1(C)C. The van der Waals surface area contributed by atoms with Gasteiger partial charge in [-0.25, -0.2) is 8.78 Å². The average molecular weight is 337 g/mol. The van der Waals surface area contributed by atoms with Crippen molar-refractivity contribution in [2.24, 2.45) is 0 Å². The standard InChI is InChI=1S/C17H22BF2NO3/c1-16(2)17(3,4)24-18(23-16)13-9-11(5-6-14(13)20)15(22)21-8-7-12(19)10-21/h5-6,9,12H,7-8,10H2,1-4H3/t12-/m1/s1. The Morgan fingerprint density at radius 2 is 1.88 bits per heavy atom. The average Bonchev–Trinajstić information content (AvgIpc) is 3.00. The third-order valence-corrected chi connectivity index (χ3v) is 5.17. The molecule has 2 heterocycles. The summed E-state index contributed by atoms with van der Waals surface area (Å²) in [5.74, 6) is -0.789. The van der Waals surface area contributed by atoms with Crippen LogP contribution in [0.25, 0.3) is 0 Å². The maximum atomic E-state index is 14.3. The largest absolute Gasteiger partial charge is 0.497 e. The highest BCUT2D eigenvalue weighted by molar-refractivity contribution is 6.62. The minimum absolute atomic E-state index is 0.0854. The predicted octanol–water partition coefficient (Wildman–Crippen LogP) is 2.31. The molecule has 0 N–H and O–H groups in total. The molecule has 0 bridgehead atoms. The molecular formula is C17H22BF2NO3. The summed E-state index contributed by atoms with van der Waals surface area (Å²) < 4.78 is 39.3. The zero-order valence-electron chi connectivity index (χ0n) is 14.4. The molecule has 1 amide bonds. The summed E-state index contributed by atoms with van der Waals surface area (Å²) in [5.41, 5.74) is -0.688. The number of hydrogen-bond donors (Lipinski definition) is 0. The van der Waals surface area contributed by atoms with Crippen LogP contribution in [0, 0.1) is 5.82 Å². The summed E-state index contributed by atoms with van der Waals surface area (Å²) in [6.07, 6.45) is -0.645. The van der Waals surface area contributed by atoms with Crippen molar-refractivity contribution in [3.63, 3.8) is 0 Å². The van der Waals surface area contributed by atoms with Gasteiger partial charge in [0.15, 0.2) is 0 Å². The van der Waals surface area contributed by atoms with E-state index in [-0.39, 0.29) is 17.9 Å². The second kappa shape index (κ2) is 5.81. The van der Waals surface area contributed by atoms with E-state index in [0.29, 0.717) is 18.5 Å². The van der Waals surface area contributed by atoms with Crippen LogP contribution in [0.1, 0.15) is 44.5 Å². The highest BCUT2D eigenvalue weighted by Crippen LogP contribution is 2.36. The molecule has 2 aliphatic heterocycles. The molecule has 0 spiro atoms. The molecule has 1 atom stereocenters. The van der Waals surface area contributed by atoms with Crippen LogP contribution < -0.4 is 5.46 Å². The third-order valence-electron chi connectivity index (χ3n) is 5.17. The summed E-state index contributed by atoms with van der Waals surface area (Å²) in [6, 6.07) is 4.10. The number of amides is 1. The Morgan fingerprint density at radius 1 is 1.25 bits per heavy atom. The van der Waals surface area contributed by atoms with Crippen molar-refractivity contribution in [3.8, 4) is 0 Å². The lowest BCUT2D eigenvalue weighted by Crippen LogP contribution is -2.41. The first-order chi connectivity index (χ1) is 11.1. The van der Waals surface area contributed by atoms with Gasteiger partial charge in [0.25, 0.3) is 5.91 Å². The number of benzene rings is 1. The first-order valence-corrected chi connectivity index (χ1v) is 8.19. The lowest BCUT2D eigenvalue weighted by molar-refractivity contribution is 0.00578. The van der Waals surface area contributed by atoms with E-state index in [4.69, 9.17) is 9.31 Å². The number of halogens is 2. The van der Waals surface area contributed by atoms with E-state index in [9.17, 15) is 13.6 Å². The maximum Gasteiger partial charge on any atom is 0.497 e. The zero-order chi connectivity index (χ0) is 17.7. The fraction of sp³-hybridized carbons (Fsp3) is 0.588. The molecule has 1 aromatic rings. The Hall–Kier alpha value is -1.47. The number of hydrogen-bond acceptors (Lipinski definition) is 3. The van der Waals surface area contributed by atoms with Gasteiger partial charge < -0.3 is 14.2 Å². The number of rotatable bonds is 2. The van der Waals surface area contributed by atoms with Crippen molar-refractivity contribution < 1.29 is 22.9 Å². The summed E-state index contributed by atoms with van der Waals surface area (Å²) in [4.78, 5) is 13.9. The number of carbonyl (C=O) groups is 1. The molecule has 3 rings (SSSR count). The smallest absolute Gasteiger partial charge is 0.399 e. The van der Waals surface area contributed by atoms with E-state index >= 15 is 0 Å². The maximum absolute atomic E-state index is 14.3. The van der Waals surface area contributed by atoms with Gasteiger partial charge in [-0.1, -0.05) is 0 Å². The van der Waals surface area contributed by atoms with Crippen molar-refractivity contribution in [1.29, 1.82) is 0 Å². The first kappa shape index (κ1) is 17.4. The Morgan fingerprint density at radius 3 is 2.42 bits per heavy atom. The topological polar surface area (TPSA) is 38.8 Å². The first-order valence-electron chi connectivity index (χ1n) is 8.19. The summed E-state index contributed by atoms with van der Waals surface area (Å²) in [7, 11) is -0.879. The van der Waals surface area contributed by atoms with Crippen LogP contribution in [-0.4, -0.2) is 48.4 Å². The van der Waals surface area contributed by atoms with Gasteiger partial charge in [-0.2, -0.15) is 0 Å². The van der Waals surface area contributed by atoms with Crippen LogP contribution in [0.3, 0.4) is 0 Å². The van der Waals surface area contributed by atoms with Gasteiger partial charge in [-0.15, -0.1) is 0 Å². The van der Waals surface area contributed by atoms with Crippen LogP contribution in [0.5, 0.6) is 0 Å². The summed E-state index contributed by atoms with van der Waals surface area (Å²) >= 11 is 0. The second-order valence-corrected chi connectivity index (χ2v) is 7.46. The van der Waals surface area contributed by atoms with Crippen LogP contribution in [-0.2, 0) is 9.31 Å². The van der Waals surface area contributed by atoms with Gasteiger partial charge in [0.2, 0.25) is 0 Å². The summed E-state index contributed by atoms with van der Waals surface area (Å²) in [6.45, 7) is 7.99. The van der Waals surface area contributed by atoms with Gasteiger partial charge in [-0.3, -0.25) is 4.79 Å². The molecular weight excluding hydrogens is 315 g/mol. The minimum Gasteiger partial charge on any atom is -0.399 e. The molecule has 4 nitrogen and oxygen atoms in total. The molecule has 0 radical (unpaired) electrons. The molecule has 2 fully saturated rings. The van der Waals surface area contributed by atoms with Crippen LogP contribution in [0.4, 0.5) is 8.78 Å². The van der Waals surface area contributed by atoms with Crippen LogP contribution in [0.15, 0.2) is 18.2 Å². The lowest BCUT2D eigenvalue weighted by atomic mass is 9.78. The molecule has 130 valence electrons. The quantitative estimate of drug-likeness (QED) is 0.778. The second-order valence-electron chi connectivity index (χ2n) is 7.46. The normalized spacial score (nSPS) is 25.3. The van der Waals surface area contributed by atoms with Crippen molar-refractivity contribution in [2.45, 2.75) is 51.5 Å². The van der Waals surface area contributed by atoms with Gasteiger partial charge in [-0.05, 0) is 52.3 Å². The van der Waals surface area contributed by atoms with Gasteiger partial charge >= 0.3 is 7.12 Å². The monoisotopic (exact) mass is 337 g/mol. The molecule has 2 saturated heterocycles. The summed E-state index contributed by atoms with van der Waals surface area (Å²) in [5, 5.41) is 0. The number of carbonyl (C=O) groups excluding carboxylic acids is 1. The minimum atomic E-state index is -0.989. The zero-order valence-corrected chi connectivity index (χ0v) is 14.4. The van der Waals surface area contributed by atoms with E-state index in [0.717, 1.165) is 0 Å². The predicted molar refractivity (Wildman–Crippen MR) is 87.5 cm³/mol. The Labute approximate surface area is 141 Å². The van der Waals surface area contributed by atoms with E-state index in [1.54, 1.807) is 0 Å². The highest BCUT2D eigenvalue weighted by Gasteiger charge is 2.52. The molecule has 0 aromatic heterocycles. The Balaban J connectivity index is 1.86. The Kier molecular flexibility index (Phi) is 4.20. The van der Waals surface area contributed by atoms with Crippen molar-refractivity contribution in [2.75, 3.05) is 13.1 Å². The van der Waals surface area contributed by atoms with Crippen molar-refractivity contribution in [1.82, 2.24) is 4.90 Å². The fourth-order valence-corrected chi connectivity index (χ4v) is 2.91. The molecule has 0 aliphatic carbocycles. The van der Waals surface area contributed by atoms with Gasteiger partial charge in [0.05, 0.1) is 17.7 Å². The van der Waals surface area contributed by atoms with Crippen LogP contribution >= 0.6 is 0 Å². The van der Waals surface area contributed by atoms with E-state index in [2.05, 4.69) is 0 Å². The van der Waals surface area contributed by atoms with E-state index in [1.165, 1.54) is 23.1 Å². The lowest BCUT2D eigenvalue weighted by Gasteiger charge is -2.32.